The minimum absolute atomic E-state index is 0.0551. The molecular weight excluding hydrogens is 445 g/mol. The molecule has 2 aliphatic heterocycles. The van der Waals surface area contributed by atoms with Gasteiger partial charge in [-0.25, -0.2) is 18.0 Å². The largest absolute Gasteiger partial charge is 0.484 e. The van der Waals surface area contributed by atoms with E-state index in [9.17, 15) is 26.7 Å². The first kappa shape index (κ1) is 21.9. The molecule has 5 rings (SSSR count). The van der Waals surface area contributed by atoms with Crippen LogP contribution in [0.2, 0.25) is 0 Å². The van der Waals surface area contributed by atoms with E-state index in [2.05, 4.69) is 9.88 Å². The Morgan fingerprint density at radius 3 is 2.15 bits per heavy atom. The molecule has 2 saturated heterocycles. The minimum Gasteiger partial charge on any atom is -0.484 e. The second kappa shape index (κ2) is 8.16. The van der Waals surface area contributed by atoms with Crippen LogP contribution in [0.15, 0.2) is 29.1 Å². The number of imidazole rings is 1. The fourth-order valence-electron chi connectivity index (χ4n) is 5.50. The van der Waals surface area contributed by atoms with Crippen LogP contribution in [-0.4, -0.2) is 32.6 Å². The Morgan fingerprint density at radius 1 is 0.970 bits per heavy atom. The van der Waals surface area contributed by atoms with Crippen LogP contribution < -0.4 is 10.4 Å². The molecule has 0 radical (unpaired) electrons. The number of halogens is 5. The van der Waals surface area contributed by atoms with Crippen LogP contribution in [0.25, 0.3) is 11.0 Å². The summed E-state index contributed by atoms with van der Waals surface area (Å²) >= 11 is 0. The first-order valence-corrected chi connectivity index (χ1v) is 11.0. The first-order valence-electron chi connectivity index (χ1n) is 11.0. The van der Waals surface area contributed by atoms with Crippen LogP contribution in [0.4, 0.5) is 22.0 Å². The summed E-state index contributed by atoms with van der Waals surface area (Å²) in [5.41, 5.74) is 1.30. The maximum atomic E-state index is 14.1. The third kappa shape index (κ3) is 3.42. The van der Waals surface area contributed by atoms with E-state index in [1.807, 2.05) is 31.2 Å². The van der Waals surface area contributed by atoms with Crippen LogP contribution in [0.3, 0.4) is 0 Å². The van der Waals surface area contributed by atoms with Crippen LogP contribution in [0.1, 0.15) is 45.2 Å². The molecule has 0 amide bonds. The van der Waals surface area contributed by atoms with E-state index in [4.69, 9.17) is 4.74 Å². The Kier molecular flexibility index (Phi) is 5.43. The maximum Gasteiger partial charge on any atom is 0.327 e. The summed E-state index contributed by atoms with van der Waals surface area (Å²) < 4.78 is 75.8. The monoisotopic (exact) mass is 467 g/mol. The summed E-state index contributed by atoms with van der Waals surface area (Å²) in [7, 11) is 0. The van der Waals surface area contributed by atoms with Gasteiger partial charge in [0, 0.05) is 12.1 Å². The number of nitrogens with zero attached hydrogens (tertiary/aromatic N) is 2. The molecule has 0 saturated carbocycles. The minimum atomic E-state index is -2.21. The van der Waals surface area contributed by atoms with Gasteiger partial charge in [-0.05, 0) is 44.2 Å². The lowest BCUT2D eigenvalue weighted by atomic mass is 9.98. The SMILES string of the molecule is CCC(N1[C@@H]2CC[C@H]1CC(Oc1c(F)c(F)c(F)c(F)c1F)C2)n1c(=O)[nH]c2ccccc21. The van der Waals surface area contributed by atoms with Gasteiger partial charge in [-0.1, -0.05) is 19.1 Å². The van der Waals surface area contributed by atoms with E-state index in [0.717, 1.165) is 23.9 Å². The molecule has 1 aromatic heterocycles. The molecule has 10 heteroatoms. The number of aromatic amines is 1. The molecule has 2 bridgehead atoms. The fraction of sp³-hybridized carbons (Fsp3) is 0.435. The summed E-state index contributed by atoms with van der Waals surface area (Å²) in [5.74, 6) is -11.4. The van der Waals surface area contributed by atoms with E-state index in [1.165, 1.54) is 0 Å². The van der Waals surface area contributed by atoms with Crippen LogP contribution in [0.5, 0.6) is 5.75 Å². The summed E-state index contributed by atoms with van der Waals surface area (Å²) in [6.07, 6.45) is 1.99. The van der Waals surface area contributed by atoms with Crippen LogP contribution in [0, 0.1) is 29.1 Å². The van der Waals surface area contributed by atoms with Crippen molar-refractivity contribution in [2.24, 2.45) is 0 Å². The van der Waals surface area contributed by atoms with Gasteiger partial charge in [0.05, 0.1) is 17.2 Å². The normalized spacial score (nSPS) is 23.9. The van der Waals surface area contributed by atoms with E-state index >= 15 is 0 Å². The van der Waals surface area contributed by atoms with Gasteiger partial charge in [-0.2, -0.15) is 8.78 Å². The number of fused-ring (bicyclic) bond motifs is 3. The third-order valence-corrected chi connectivity index (χ3v) is 6.83. The number of hydrogen-bond donors (Lipinski definition) is 1. The maximum absolute atomic E-state index is 14.1. The number of H-pyrrole nitrogens is 1. The van der Waals surface area contributed by atoms with Crippen molar-refractivity contribution in [3.63, 3.8) is 0 Å². The lowest BCUT2D eigenvalue weighted by Gasteiger charge is -2.43. The van der Waals surface area contributed by atoms with Crippen LogP contribution in [-0.2, 0) is 0 Å². The van der Waals surface area contributed by atoms with E-state index < -0.39 is 40.9 Å². The van der Waals surface area contributed by atoms with Crippen molar-refractivity contribution in [1.82, 2.24) is 14.5 Å². The Hall–Kier alpha value is -2.88. The van der Waals surface area contributed by atoms with Crippen molar-refractivity contribution in [3.05, 3.63) is 63.8 Å². The van der Waals surface area contributed by atoms with E-state index in [1.54, 1.807) is 4.57 Å². The molecule has 4 atom stereocenters. The Morgan fingerprint density at radius 2 is 1.55 bits per heavy atom. The van der Waals surface area contributed by atoms with Gasteiger partial charge in [0.25, 0.3) is 0 Å². The molecule has 3 aromatic rings. The first-order chi connectivity index (χ1) is 15.8. The summed E-state index contributed by atoms with van der Waals surface area (Å²) in [6, 6.07) is 7.30. The molecule has 0 aliphatic carbocycles. The predicted octanol–water partition coefficient (Wildman–Crippen LogP) is 5.01. The third-order valence-electron chi connectivity index (χ3n) is 6.83. The quantitative estimate of drug-likeness (QED) is 0.326. The molecule has 1 N–H and O–H groups in total. The second-order valence-corrected chi connectivity index (χ2v) is 8.65. The summed E-state index contributed by atoms with van der Waals surface area (Å²) in [4.78, 5) is 17.9. The van der Waals surface area contributed by atoms with Gasteiger partial charge >= 0.3 is 5.69 Å². The van der Waals surface area contributed by atoms with Crippen molar-refractivity contribution in [1.29, 1.82) is 0 Å². The number of piperidine rings is 1. The molecule has 2 aromatic carbocycles. The zero-order valence-electron chi connectivity index (χ0n) is 17.8. The molecular formula is C23H22F5N3O2. The number of para-hydroxylation sites is 2. The lowest BCUT2D eigenvalue weighted by molar-refractivity contribution is -0.00608. The zero-order chi connectivity index (χ0) is 23.4. The summed E-state index contributed by atoms with van der Waals surface area (Å²) in [5, 5.41) is 0. The smallest absolute Gasteiger partial charge is 0.327 e. The Balaban J connectivity index is 1.42. The Bertz CT molecular complexity index is 1230. The van der Waals surface area contributed by atoms with E-state index in [0.29, 0.717) is 19.3 Å². The number of ether oxygens (including phenoxy) is 1. The molecule has 2 aliphatic rings. The highest BCUT2D eigenvalue weighted by atomic mass is 19.2. The van der Waals surface area contributed by atoms with Gasteiger partial charge in [0.15, 0.2) is 5.75 Å². The molecule has 33 heavy (non-hydrogen) atoms. The highest BCUT2D eigenvalue weighted by Gasteiger charge is 2.46. The molecule has 2 fully saturated rings. The number of aromatic nitrogens is 2. The van der Waals surface area contributed by atoms with Crippen molar-refractivity contribution < 1.29 is 26.7 Å². The van der Waals surface area contributed by atoms with E-state index in [-0.39, 0.29) is 23.9 Å². The number of hydrogen-bond acceptors (Lipinski definition) is 3. The van der Waals surface area contributed by atoms with Crippen molar-refractivity contribution in [3.8, 4) is 5.75 Å². The fourth-order valence-corrected chi connectivity index (χ4v) is 5.50. The molecule has 2 unspecified atom stereocenters. The molecule has 3 heterocycles. The standard InChI is InChI=1S/C23H22F5N3O2/c1-2-16(31-15-6-4-3-5-14(15)29-23(31)32)30-11-7-8-12(30)10-13(9-11)33-22-20(27)18(25)17(24)19(26)21(22)28/h3-6,11-13,16H,2,7-10H2,1H3,(H,29,32)/t11-,12+,13?,16?. The highest BCUT2D eigenvalue weighted by molar-refractivity contribution is 5.75. The zero-order valence-corrected chi connectivity index (χ0v) is 17.8. The van der Waals surface area contributed by atoms with Gasteiger partial charge in [0.2, 0.25) is 29.1 Å². The second-order valence-electron chi connectivity index (χ2n) is 8.65. The number of benzene rings is 2. The van der Waals surface area contributed by atoms with Crippen molar-refractivity contribution >= 4 is 11.0 Å². The van der Waals surface area contributed by atoms with Gasteiger partial charge in [-0.15, -0.1) is 0 Å². The average Bonchev–Trinajstić information content (AvgIpc) is 3.27. The molecule has 176 valence electrons. The number of nitrogens with one attached hydrogen (secondary N) is 1. The lowest BCUT2D eigenvalue weighted by Crippen LogP contribution is -2.50. The number of rotatable bonds is 5. The van der Waals surface area contributed by atoms with Gasteiger partial charge in [-0.3, -0.25) is 9.47 Å². The molecule has 5 nitrogen and oxygen atoms in total. The van der Waals surface area contributed by atoms with Gasteiger partial charge < -0.3 is 9.72 Å². The van der Waals surface area contributed by atoms with Crippen molar-refractivity contribution in [2.45, 2.75) is 63.4 Å². The predicted molar refractivity (Wildman–Crippen MR) is 110 cm³/mol. The average molecular weight is 467 g/mol. The van der Waals surface area contributed by atoms with Gasteiger partial charge in [0.1, 0.15) is 6.10 Å². The van der Waals surface area contributed by atoms with Crippen LogP contribution >= 0.6 is 0 Å². The highest BCUT2D eigenvalue weighted by Crippen LogP contribution is 2.43. The Labute approximate surface area is 185 Å². The summed E-state index contributed by atoms with van der Waals surface area (Å²) in [6.45, 7) is 1.98. The molecule has 0 spiro atoms. The topological polar surface area (TPSA) is 50.3 Å². The van der Waals surface area contributed by atoms with Crippen molar-refractivity contribution in [2.75, 3.05) is 0 Å².